The van der Waals surface area contributed by atoms with Gasteiger partial charge >= 0.3 is 0 Å². The van der Waals surface area contributed by atoms with Crippen LogP contribution in [-0.4, -0.2) is 37.6 Å². The lowest BCUT2D eigenvalue weighted by atomic mass is 10.0. The van der Waals surface area contributed by atoms with E-state index in [1.807, 2.05) is 18.2 Å². The summed E-state index contributed by atoms with van der Waals surface area (Å²) in [6.07, 6.45) is 0. The van der Waals surface area contributed by atoms with Crippen LogP contribution in [-0.2, 0) is 0 Å². The highest BCUT2D eigenvalue weighted by Gasteiger charge is 2.20. The van der Waals surface area contributed by atoms with Crippen molar-refractivity contribution in [1.29, 1.82) is 0 Å². The van der Waals surface area contributed by atoms with Crippen molar-refractivity contribution in [3.8, 4) is 5.75 Å². The van der Waals surface area contributed by atoms with E-state index in [-0.39, 0.29) is 11.9 Å². The Kier molecular flexibility index (Phi) is 7.09. The van der Waals surface area contributed by atoms with Gasteiger partial charge in [0.1, 0.15) is 5.75 Å². The van der Waals surface area contributed by atoms with E-state index in [2.05, 4.69) is 30.1 Å². The van der Waals surface area contributed by atoms with Gasteiger partial charge in [-0.25, -0.2) is 0 Å². The fraction of sp³-hybridized carbons (Fsp3) is 0.389. The molecule has 2 aromatic rings. The maximum atomic E-state index is 12.3. The van der Waals surface area contributed by atoms with Crippen molar-refractivity contribution in [1.82, 2.24) is 10.2 Å². The second-order valence-corrected chi connectivity index (χ2v) is 7.04. The van der Waals surface area contributed by atoms with E-state index in [1.54, 1.807) is 19.2 Å². The normalized spacial score (nSPS) is 12.2. The van der Waals surface area contributed by atoms with E-state index < -0.39 is 0 Å². The van der Waals surface area contributed by atoms with Gasteiger partial charge in [0.05, 0.1) is 22.4 Å². The first kappa shape index (κ1) is 18.8. The molecule has 0 spiro atoms. The fourth-order valence-electron chi connectivity index (χ4n) is 2.68. The number of halogens is 1. The Morgan fingerprint density at radius 3 is 2.62 bits per heavy atom. The van der Waals surface area contributed by atoms with Crippen LogP contribution in [0.25, 0.3) is 0 Å². The highest BCUT2D eigenvalue weighted by molar-refractivity contribution is 7.17. The molecule has 1 amide bonds. The number of thiophene rings is 1. The third kappa shape index (κ3) is 4.72. The first-order chi connectivity index (χ1) is 11.6. The summed E-state index contributed by atoms with van der Waals surface area (Å²) in [5.74, 6) is 0.730. The first-order valence-corrected chi connectivity index (χ1v) is 9.20. The van der Waals surface area contributed by atoms with Crippen LogP contribution in [0.4, 0.5) is 0 Å². The minimum atomic E-state index is -0.0908. The van der Waals surface area contributed by atoms with Crippen molar-refractivity contribution < 1.29 is 9.53 Å². The number of nitrogens with one attached hydrogen (secondary N) is 1. The van der Waals surface area contributed by atoms with Crippen molar-refractivity contribution in [3.63, 3.8) is 0 Å². The number of rotatable bonds is 8. The molecule has 0 aliphatic rings. The van der Waals surface area contributed by atoms with Gasteiger partial charge < -0.3 is 10.1 Å². The van der Waals surface area contributed by atoms with Gasteiger partial charge in [-0.2, -0.15) is 0 Å². The van der Waals surface area contributed by atoms with Crippen LogP contribution in [0.15, 0.2) is 36.4 Å². The van der Waals surface area contributed by atoms with Crippen LogP contribution in [0.5, 0.6) is 5.75 Å². The fourth-order valence-corrected chi connectivity index (χ4v) is 3.64. The lowest BCUT2D eigenvalue weighted by molar-refractivity contribution is 0.0939. The zero-order valence-electron chi connectivity index (χ0n) is 14.2. The summed E-state index contributed by atoms with van der Waals surface area (Å²) in [6, 6.07) is 11.6. The first-order valence-electron chi connectivity index (χ1n) is 8.00. The average molecular weight is 367 g/mol. The number of ether oxygens (including phenoxy) is 1. The minimum Gasteiger partial charge on any atom is -0.497 e. The Morgan fingerprint density at radius 1 is 1.29 bits per heavy atom. The van der Waals surface area contributed by atoms with Gasteiger partial charge in [-0.3, -0.25) is 9.69 Å². The number of benzene rings is 1. The molecule has 130 valence electrons. The van der Waals surface area contributed by atoms with Gasteiger partial charge in [0.2, 0.25) is 0 Å². The maximum Gasteiger partial charge on any atom is 0.261 e. The van der Waals surface area contributed by atoms with Crippen molar-refractivity contribution in [2.24, 2.45) is 0 Å². The summed E-state index contributed by atoms with van der Waals surface area (Å²) in [7, 11) is 1.66. The van der Waals surface area contributed by atoms with Crippen LogP contribution < -0.4 is 10.1 Å². The summed E-state index contributed by atoms with van der Waals surface area (Å²) in [5, 5.41) is 3.03. The van der Waals surface area contributed by atoms with Gasteiger partial charge in [0.15, 0.2) is 0 Å². The highest BCUT2D eigenvalue weighted by atomic mass is 35.5. The number of amides is 1. The minimum absolute atomic E-state index is 0.0908. The predicted octanol–water partition coefficient (Wildman–Crippen LogP) is 4.22. The van der Waals surface area contributed by atoms with Gasteiger partial charge in [0.25, 0.3) is 5.91 Å². The summed E-state index contributed by atoms with van der Waals surface area (Å²) < 4.78 is 5.95. The van der Waals surface area contributed by atoms with Crippen LogP contribution in [0, 0.1) is 0 Å². The molecule has 0 bridgehead atoms. The monoisotopic (exact) mass is 366 g/mol. The molecule has 6 heteroatoms. The Balaban J connectivity index is 2.15. The quantitative estimate of drug-likeness (QED) is 0.760. The smallest absolute Gasteiger partial charge is 0.261 e. The molecule has 1 unspecified atom stereocenters. The Labute approximate surface area is 152 Å². The SMILES string of the molecule is CCN(CC)C(CNC(=O)c1ccc(Cl)s1)c1cccc(OC)c1. The van der Waals surface area contributed by atoms with Gasteiger partial charge in [-0.15, -0.1) is 11.3 Å². The molecule has 1 N–H and O–H groups in total. The molecule has 0 fully saturated rings. The second-order valence-electron chi connectivity index (χ2n) is 5.33. The standard InChI is InChI=1S/C18H23ClN2O2S/c1-4-21(5-2)15(13-7-6-8-14(11-13)23-3)12-20-18(22)16-9-10-17(19)24-16/h6-11,15H,4-5,12H2,1-3H3,(H,20,22). The summed E-state index contributed by atoms with van der Waals surface area (Å²) in [5.41, 5.74) is 1.13. The van der Waals surface area contributed by atoms with Crippen molar-refractivity contribution in [3.05, 3.63) is 51.2 Å². The number of carbonyl (C=O) groups is 1. The second kappa shape index (κ2) is 9.06. The molecule has 0 aliphatic heterocycles. The third-order valence-corrected chi connectivity index (χ3v) is 5.21. The van der Waals surface area contributed by atoms with E-state index in [0.717, 1.165) is 24.4 Å². The average Bonchev–Trinajstić information content (AvgIpc) is 3.05. The van der Waals surface area contributed by atoms with Gasteiger partial charge in [-0.05, 0) is 42.9 Å². The van der Waals surface area contributed by atoms with Gasteiger partial charge in [0, 0.05) is 6.54 Å². The van der Waals surface area contributed by atoms with E-state index in [1.165, 1.54) is 11.3 Å². The molecule has 24 heavy (non-hydrogen) atoms. The van der Waals surface area contributed by atoms with Crippen molar-refractivity contribution >= 4 is 28.8 Å². The van der Waals surface area contributed by atoms with Crippen LogP contribution in [0.2, 0.25) is 4.34 Å². The molecule has 0 saturated heterocycles. The van der Waals surface area contributed by atoms with Gasteiger partial charge in [-0.1, -0.05) is 37.6 Å². The number of methoxy groups -OCH3 is 1. The van der Waals surface area contributed by atoms with E-state index in [0.29, 0.717) is 15.8 Å². The third-order valence-electron chi connectivity index (χ3n) is 3.98. The maximum absolute atomic E-state index is 12.3. The Hall–Kier alpha value is -1.56. The molecule has 2 rings (SSSR count). The summed E-state index contributed by atoms with van der Waals surface area (Å²) >= 11 is 7.20. The van der Waals surface area contributed by atoms with Crippen molar-refractivity contribution in [2.45, 2.75) is 19.9 Å². The molecular weight excluding hydrogens is 344 g/mol. The zero-order valence-corrected chi connectivity index (χ0v) is 15.8. The number of nitrogens with zero attached hydrogens (tertiary/aromatic N) is 1. The Morgan fingerprint density at radius 2 is 2.04 bits per heavy atom. The largest absolute Gasteiger partial charge is 0.497 e. The summed E-state index contributed by atoms with van der Waals surface area (Å²) in [6.45, 7) is 6.58. The topological polar surface area (TPSA) is 41.6 Å². The molecular formula is C18H23ClN2O2S. The lowest BCUT2D eigenvalue weighted by Crippen LogP contribution is -2.37. The van der Waals surface area contributed by atoms with E-state index in [9.17, 15) is 4.79 Å². The Bertz CT molecular complexity index is 671. The predicted molar refractivity (Wildman–Crippen MR) is 100 cm³/mol. The molecule has 4 nitrogen and oxygen atoms in total. The molecule has 1 aromatic carbocycles. The number of likely N-dealkylation sites (N-methyl/N-ethyl adjacent to an activating group) is 1. The number of hydrogen-bond acceptors (Lipinski definition) is 4. The van der Waals surface area contributed by atoms with Crippen LogP contribution >= 0.6 is 22.9 Å². The molecule has 1 aromatic heterocycles. The molecule has 0 saturated carbocycles. The van der Waals surface area contributed by atoms with Crippen LogP contribution in [0.3, 0.4) is 0 Å². The summed E-state index contributed by atoms with van der Waals surface area (Å²) in [4.78, 5) is 15.3. The van der Waals surface area contributed by atoms with E-state index >= 15 is 0 Å². The molecule has 0 aliphatic carbocycles. The van der Waals surface area contributed by atoms with Crippen molar-refractivity contribution in [2.75, 3.05) is 26.7 Å². The molecule has 0 radical (unpaired) electrons. The number of hydrogen-bond donors (Lipinski definition) is 1. The molecule has 1 atom stereocenters. The lowest BCUT2D eigenvalue weighted by Gasteiger charge is -2.30. The van der Waals surface area contributed by atoms with E-state index in [4.69, 9.17) is 16.3 Å². The van der Waals surface area contributed by atoms with Crippen LogP contribution in [0.1, 0.15) is 35.1 Å². The highest BCUT2D eigenvalue weighted by Crippen LogP contribution is 2.25. The molecule has 1 heterocycles. The zero-order chi connectivity index (χ0) is 17.5. The number of carbonyl (C=O) groups excluding carboxylic acids is 1.